The quantitative estimate of drug-likeness (QED) is 0.450. The third-order valence-corrected chi connectivity index (χ3v) is 6.01. The number of methoxy groups -OCH3 is 3. The van der Waals surface area contributed by atoms with Crippen LogP contribution in [0.25, 0.3) is 0 Å². The molecule has 0 N–H and O–H groups in total. The van der Waals surface area contributed by atoms with Crippen molar-refractivity contribution in [2.24, 2.45) is 10.3 Å². The molecule has 0 aromatic heterocycles. The summed E-state index contributed by atoms with van der Waals surface area (Å²) in [5, 5.41) is 10.9. The number of benzene rings is 2. The molecule has 176 valence electrons. The number of hydrogen-bond donors (Lipinski definition) is 0. The topological polar surface area (TPSA) is 74.1 Å². The van der Waals surface area contributed by atoms with Crippen LogP contribution in [0.15, 0.2) is 64.9 Å². The molecule has 0 bridgehead atoms. The average molecular weight is 454 g/mol. The predicted octanol–water partition coefficient (Wildman–Crippen LogP) is 3.44. The van der Waals surface area contributed by atoms with Crippen LogP contribution in [0.3, 0.4) is 0 Å². The lowest BCUT2D eigenvalue weighted by molar-refractivity contribution is -0.305. The zero-order valence-electron chi connectivity index (χ0n) is 19.5. The lowest BCUT2D eigenvalue weighted by atomic mass is 9.99. The largest absolute Gasteiger partial charge is 0.376 e. The Labute approximate surface area is 194 Å². The van der Waals surface area contributed by atoms with Gasteiger partial charge in [-0.3, -0.25) is 5.01 Å². The second-order valence-corrected chi connectivity index (χ2v) is 8.03. The van der Waals surface area contributed by atoms with Crippen molar-refractivity contribution in [2.45, 2.75) is 44.1 Å². The summed E-state index contributed by atoms with van der Waals surface area (Å²) in [5.41, 5.74) is 4.19. The number of ether oxygens (including phenoxy) is 4. The predicted molar refractivity (Wildman–Crippen MR) is 127 cm³/mol. The maximum Gasteiger partial charge on any atom is 0.256 e. The fourth-order valence-electron chi connectivity index (χ4n) is 4.26. The standard InChI is InChI=1S/C25H31N3O5/c1-17-22(29-2)23(30-3)24(31-4)25(32-17)33-26-16-18-10-12-19(13-11-18)21-14-15-28(27-21)20-8-6-5-7-9-20/h5-13,16-17,22-25H,14-15H2,1-4H3/b26-16+/t17-,22-,23+,24+,25-/m0/s1. The van der Waals surface area contributed by atoms with Crippen molar-refractivity contribution >= 4 is 17.6 Å². The summed E-state index contributed by atoms with van der Waals surface area (Å²) in [6.45, 7) is 2.79. The summed E-state index contributed by atoms with van der Waals surface area (Å²) >= 11 is 0. The van der Waals surface area contributed by atoms with Crippen molar-refractivity contribution in [1.82, 2.24) is 0 Å². The van der Waals surface area contributed by atoms with Gasteiger partial charge in [-0.05, 0) is 30.2 Å². The summed E-state index contributed by atoms with van der Waals surface area (Å²) in [4.78, 5) is 5.64. The minimum atomic E-state index is -0.700. The van der Waals surface area contributed by atoms with Crippen LogP contribution in [0.5, 0.6) is 0 Å². The molecule has 2 aromatic rings. The van der Waals surface area contributed by atoms with Crippen molar-refractivity contribution in [3.63, 3.8) is 0 Å². The first-order valence-corrected chi connectivity index (χ1v) is 11.1. The number of rotatable bonds is 8. The summed E-state index contributed by atoms with van der Waals surface area (Å²) < 4.78 is 22.6. The van der Waals surface area contributed by atoms with Gasteiger partial charge in [-0.15, -0.1) is 0 Å². The van der Waals surface area contributed by atoms with Gasteiger partial charge in [-0.2, -0.15) is 5.10 Å². The van der Waals surface area contributed by atoms with Gasteiger partial charge in [0.2, 0.25) is 0 Å². The zero-order valence-corrected chi connectivity index (χ0v) is 19.5. The van der Waals surface area contributed by atoms with Crippen LogP contribution in [-0.4, -0.2) is 70.5 Å². The molecule has 0 amide bonds. The van der Waals surface area contributed by atoms with Crippen LogP contribution in [-0.2, 0) is 23.8 Å². The van der Waals surface area contributed by atoms with Gasteiger partial charge in [-0.1, -0.05) is 47.6 Å². The van der Waals surface area contributed by atoms with Crippen molar-refractivity contribution in [3.05, 3.63) is 65.7 Å². The summed E-state index contributed by atoms with van der Waals surface area (Å²) in [5.74, 6) is 0. The van der Waals surface area contributed by atoms with E-state index in [-0.39, 0.29) is 18.3 Å². The Balaban J connectivity index is 1.38. The Bertz CT molecular complexity index is 950. The van der Waals surface area contributed by atoms with E-state index in [1.807, 2.05) is 42.3 Å². The number of para-hydroxylation sites is 1. The molecule has 2 aliphatic rings. The smallest absolute Gasteiger partial charge is 0.256 e. The second kappa shape index (κ2) is 10.9. The molecule has 1 saturated heterocycles. The first-order valence-electron chi connectivity index (χ1n) is 11.1. The van der Waals surface area contributed by atoms with Crippen LogP contribution >= 0.6 is 0 Å². The first kappa shape index (κ1) is 23.4. The maximum absolute atomic E-state index is 5.91. The van der Waals surface area contributed by atoms with E-state index in [1.165, 1.54) is 0 Å². The summed E-state index contributed by atoms with van der Waals surface area (Å²) in [6.07, 6.45) is 0.579. The van der Waals surface area contributed by atoms with Crippen LogP contribution in [0.2, 0.25) is 0 Å². The van der Waals surface area contributed by atoms with E-state index >= 15 is 0 Å². The van der Waals surface area contributed by atoms with E-state index in [0.29, 0.717) is 0 Å². The molecule has 0 spiro atoms. The average Bonchev–Trinajstić information content (AvgIpc) is 3.35. The Kier molecular flexibility index (Phi) is 7.72. The van der Waals surface area contributed by atoms with E-state index in [9.17, 15) is 0 Å². The van der Waals surface area contributed by atoms with Gasteiger partial charge in [0.25, 0.3) is 6.29 Å². The van der Waals surface area contributed by atoms with E-state index in [0.717, 1.165) is 35.5 Å². The molecule has 0 aliphatic carbocycles. The number of anilines is 1. The van der Waals surface area contributed by atoms with Crippen molar-refractivity contribution in [2.75, 3.05) is 32.9 Å². The van der Waals surface area contributed by atoms with Crippen LogP contribution in [0.1, 0.15) is 24.5 Å². The van der Waals surface area contributed by atoms with Crippen molar-refractivity contribution in [3.8, 4) is 0 Å². The van der Waals surface area contributed by atoms with E-state index < -0.39 is 12.4 Å². The lowest BCUT2D eigenvalue weighted by Gasteiger charge is -2.42. The van der Waals surface area contributed by atoms with Crippen LogP contribution < -0.4 is 5.01 Å². The molecule has 4 rings (SSSR count). The summed E-state index contributed by atoms with van der Waals surface area (Å²) in [7, 11) is 4.84. The second-order valence-electron chi connectivity index (χ2n) is 8.03. The monoisotopic (exact) mass is 453 g/mol. The molecule has 8 nitrogen and oxygen atoms in total. The van der Waals surface area contributed by atoms with Crippen molar-refractivity contribution in [1.29, 1.82) is 0 Å². The molecule has 0 radical (unpaired) electrons. The van der Waals surface area contributed by atoms with Crippen molar-refractivity contribution < 1.29 is 23.8 Å². The number of hydrogen-bond acceptors (Lipinski definition) is 8. The minimum Gasteiger partial charge on any atom is -0.376 e. The molecule has 2 aliphatic heterocycles. The van der Waals surface area contributed by atoms with Gasteiger partial charge in [0, 0.05) is 34.3 Å². The molecule has 2 aromatic carbocycles. The highest BCUT2D eigenvalue weighted by Crippen LogP contribution is 2.27. The lowest BCUT2D eigenvalue weighted by Crippen LogP contribution is -2.59. The van der Waals surface area contributed by atoms with E-state index in [2.05, 4.69) is 29.4 Å². The molecule has 33 heavy (non-hydrogen) atoms. The molecule has 8 heteroatoms. The molecule has 0 saturated carbocycles. The van der Waals surface area contributed by atoms with Crippen LogP contribution in [0, 0.1) is 0 Å². The minimum absolute atomic E-state index is 0.228. The molecule has 1 fully saturated rings. The van der Waals surface area contributed by atoms with Gasteiger partial charge in [0.15, 0.2) is 6.10 Å². The van der Waals surface area contributed by atoms with E-state index in [4.69, 9.17) is 28.9 Å². The SMILES string of the molecule is CO[C@@H]1[C@@H](OC)[C@H](C)O[C@@H](O/N=C/c2ccc(C3=NN(c4ccccc4)CC3)cc2)[C@@H]1OC. The molecule has 2 heterocycles. The Hall–Kier alpha value is -2.78. The van der Waals surface area contributed by atoms with Gasteiger partial charge in [0.05, 0.1) is 23.7 Å². The molecular formula is C25H31N3O5. The number of hydrazone groups is 1. The fraction of sp³-hybridized carbons (Fsp3) is 0.440. The molecular weight excluding hydrogens is 422 g/mol. The Morgan fingerprint density at radius 2 is 1.64 bits per heavy atom. The molecule has 0 unspecified atom stereocenters. The van der Waals surface area contributed by atoms with E-state index in [1.54, 1.807) is 27.5 Å². The van der Waals surface area contributed by atoms with Gasteiger partial charge >= 0.3 is 0 Å². The Morgan fingerprint density at radius 3 is 2.30 bits per heavy atom. The highest BCUT2D eigenvalue weighted by atomic mass is 16.8. The van der Waals surface area contributed by atoms with Gasteiger partial charge in [-0.25, -0.2) is 0 Å². The Morgan fingerprint density at radius 1 is 0.939 bits per heavy atom. The maximum atomic E-state index is 5.91. The van der Waals surface area contributed by atoms with Gasteiger partial charge in [0.1, 0.15) is 12.2 Å². The molecule has 5 atom stereocenters. The number of oxime groups is 1. The summed E-state index contributed by atoms with van der Waals surface area (Å²) in [6, 6.07) is 18.3. The third kappa shape index (κ3) is 5.25. The third-order valence-electron chi connectivity index (χ3n) is 6.01. The zero-order chi connectivity index (χ0) is 23.2. The first-order chi connectivity index (χ1) is 16.1. The number of nitrogens with zero attached hydrogens (tertiary/aromatic N) is 3. The van der Waals surface area contributed by atoms with Gasteiger partial charge < -0.3 is 23.8 Å². The normalized spacial score (nSPS) is 27.7. The fourth-order valence-corrected chi connectivity index (χ4v) is 4.26. The highest BCUT2D eigenvalue weighted by molar-refractivity contribution is 6.03. The highest BCUT2D eigenvalue weighted by Gasteiger charge is 2.46. The van der Waals surface area contributed by atoms with Crippen LogP contribution in [0.4, 0.5) is 5.69 Å².